The van der Waals surface area contributed by atoms with E-state index >= 15 is 0 Å². The van der Waals surface area contributed by atoms with E-state index in [0.29, 0.717) is 0 Å². The van der Waals surface area contributed by atoms with E-state index in [9.17, 15) is 0 Å². The van der Waals surface area contributed by atoms with Gasteiger partial charge in [0.15, 0.2) is 0 Å². The Labute approximate surface area is 72.4 Å². The summed E-state index contributed by atoms with van der Waals surface area (Å²) in [7, 11) is 0. The van der Waals surface area contributed by atoms with Crippen LogP contribution in [0.5, 0.6) is 0 Å². The summed E-state index contributed by atoms with van der Waals surface area (Å²) in [6, 6.07) is 0. The van der Waals surface area contributed by atoms with E-state index in [1.165, 1.54) is 10.5 Å². The maximum atomic E-state index is 2.16. The van der Waals surface area contributed by atoms with Gasteiger partial charge in [-0.2, -0.15) is 0 Å². The zero-order valence-electron chi connectivity index (χ0n) is 4.09. The van der Waals surface area contributed by atoms with E-state index in [1.54, 1.807) is 0 Å². The fourth-order valence-electron chi connectivity index (χ4n) is 0.412. The van der Waals surface area contributed by atoms with Crippen LogP contribution in [0.2, 0.25) is 0 Å². The van der Waals surface area contributed by atoms with E-state index in [4.69, 9.17) is 0 Å². The summed E-state index contributed by atoms with van der Waals surface area (Å²) < 4.78 is 1.47. The quantitative estimate of drug-likeness (QED) is 0.639. The molecule has 1 aliphatic carbocycles. The van der Waals surface area contributed by atoms with Crippen molar-refractivity contribution in [1.29, 1.82) is 0 Å². The van der Waals surface area contributed by atoms with Crippen LogP contribution in [0, 0.1) is 0 Å². The number of halogens is 2. The normalized spacial score (nSPS) is 14.0. The average Bonchev–Trinajstić information content (AvgIpc) is 1.86. The van der Waals surface area contributed by atoms with Crippen LogP contribution in [-0.2, 0) is 18.9 Å². The summed E-state index contributed by atoms with van der Waals surface area (Å²) in [5, 5.41) is 0. The third-order valence-electron chi connectivity index (χ3n) is 0.709. The van der Waals surface area contributed by atoms with E-state index in [-0.39, 0.29) is 24.8 Å². The molecule has 0 fully saturated rings. The Bertz CT molecular complexity index is 107. The van der Waals surface area contributed by atoms with Crippen LogP contribution in [0.3, 0.4) is 0 Å². The minimum atomic E-state index is 0. The molecule has 0 aliphatic heterocycles. The molecule has 0 aromatic heterocycles. The van der Waals surface area contributed by atoms with Crippen LogP contribution in [0.1, 0.15) is 6.42 Å². The summed E-state index contributed by atoms with van der Waals surface area (Å²) in [5.74, 6) is 0. The first kappa shape index (κ1) is 11.5. The van der Waals surface area contributed by atoms with Gasteiger partial charge in [0.05, 0.1) is 0 Å². The van der Waals surface area contributed by atoms with Crippen molar-refractivity contribution in [2.75, 3.05) is 0 Å². The zero-order chi connectivity index (χ0) is 4.41. The molecule has 3 heteroatoms. The predicted octanol–water partition coefficient (Wildman–Crippen LogP) is 2.22. The van der Waals surface area contributed by atoms with Gasteiger partial charge in [0, 0.05) is 0 Å². The summed E-state index contributed by atoms with van der Waals surface area (Å²) in [6.07, 6.45) is 7.56. The van der Waals surface area contributed by atoms with Crippen LogP contribution in [0.25, 0.3) is 0 Å². The van der Waals surface area contributed by atoms with Gasteiger partial charge in [0.2, 0.25) is 0 Å². The maximum absolute atomic E-state index is 2.16. The Kier molecular flexibility index (Phi) is 8.39. The van der Waals surface area contributed by atoms with Crippen molar-refractivity contribution in [3.05, 3.63) is 22.3 Å². The Morgan fingerprint density at radius 2 is 2.00 bits per heavy atom. The molecule has 0 radical (unpaired) electrons. The van der Waals surface area contributed by atoms with Crippen LogP contribution >= 0.6 is 24.8 Å². The van der Waals surface area contributed by atoms with Crippen molar-refractivity contribution in [3.63, 3.8) is 0 Å². The molecule has 0 heterocycles. The number of allylic oxidation sites excluding steroid dienone is 4. The SMILES string of the molecule is Cl.Cl.[Ir][C]1=CC=CC1. The van der Waals surface area contributed by atoms with Gasteiger partial charge in [-0.3, -0.25) is 0 Å². The number of hydrogen-bond acceptors (Lipinski definition) is 0. The van der Waals surface area contributed by atoms with Gasteiger partial charge in [-0.05, 0) is 0 Å². The van der Waals surface area contributed by atoms with Gasteiger partial charge in [-0.25, -0.2) is 0 Å². The topological polar surface area (TPSA) is 0 Å². The summed E-state index contributed by atoms with van der Waals surface area (Å²) in [5.41, 5.74) is 0. The van der Waals surface area contributed by atoms with Crippen LogP contribution < -0.4 is 0 Å². The van der Waals surface area contributed by atoms with Gasteiger partial charge < -0.3 is 0 Å². The molecule has 0 atom stereocenters. The van der Waals surface area contributed by atoms with Crippen LogP contribution in [0.15, 0.2) is 22.3 Å². The number of hydrogen-bond donors (Lipinski definition) is 0. The minimum absolute atomic E-state index is 0. The van der Waals surface area contributed by atoms with Crippen molar-refractivity contribution in [1.82, 2.24) is 0 Å². The molecule has 0 saturated heterocycles. The van der Waals surface area contributed by atoms with E-state index in [2.05, 4.69) is 37.1 Å². The molecule has 8 heavy (non-hydrogen) atoms. The second-order valence-corrected chi connectivity index (χ2v) is 2.76. The second kappa shape index (κ2) is 5.84. The van der Waals surface area contributed by atoms with Gasteiger partial charge in [0.25, 0.3) is 0 Å². The fourth-order valence-corrected chi connectivity index (χ4v) is 0.924. The van der Waals surface area contributed by atoms with Gasteiger partial charge in [0.1, 0.15) is 0 Å². The Morgan fingerprint density at radius 1 is 1.38 bits per heavy atom. The summed E-state index contributed by atoms with van der Waals surface area (Å²) in [4.78, 5) is 0. The van der Waals surface area contributed by atoms with Gasteiger partial charge in [-0.15, -0.1) is 24.8 Å². The number of rotatable bonds is 0. The Hall–Kier alpha value is 0.709. The van der Waals surface area contributed by atoms with Crippen LogP contribution in [0.4, 0.5) is 0 Å². The molecular weight excluding hydrogens is 323 g/mol. The summed E-state index contributed by atoms with van der Waals surface area (Å²) in [6.45, 7) is 0. The molecule has 0 saturated carbocycles. The molecule has 0 nitrogen and oxygen atoms in total. The molecule has 0 amide bonds. The van der Waals surface area contributed by atoms with Crippen molar-refractivity contribution in [3.8, 4) is 0 Å². The van der Waals surface area contributed by atoms with E-state index in [1.807, 2.05) is 0 Å². The standard InChI is InChI=1S/C5H5.2ClH.Ir/c1-2-4-5-3-1;;;/h1-3H,4H2;2*1H;. The fraction of sp³-hybridized carbons (Fsp3) is 0.200. The molecule has 1 aliphatic rings. The van der Waals surface area contributed by atoms with Crippen LogP contribution in [-0.4, -0.2) is 0 Å². The molecule has 0 unspecified atom stereocenters. The van der Waals surface area contributed by atoms with Crippen molar-refractivity contribution in [2.45, 2.75) is 6.42 Å². The first-order valence-corrected chi connectivity index (χ1v) is 3.08. The molecule has 0 aromatic rings. The van der Waals surface area contributed by atoms with Gasteiger partial charge >= 0.3 is 47.6 Å². The van der Waals surface area contributed by atoms with E-state index in [0.717, 1.165) is 0 Å². The Morgan fingerprint density at radius 3 is 2.12 bits per heavy atom. The Balaban J connectivity index is 0. The molecule has 0 aromatic carbocycles. The first-order valence-electron chi connectivity index (χ1n) is 1.88. The second-order valence-electron chi connectivity index (χ2n) is 1.22. The third-order valence-corrected chi connectivity index (χ3v) is 1.60. The molecule has 0 bridgehead atoms. The third kappa shape index (κ3) is 3.68. The van der Waals surface area contributed by atoms with E-state index < -0.39 is 0 Å². The molecular formula is C5H7Cl2Ir. The summed E-state index contributed by atoms with van der Waals surface area (Å²) >= 11 is 2.14. The van der Waals surface area contributed by atoms with Crippen molar-refractivity contribution < 1.29 is 18.9 Å². The predicted molar refractivity (Wildman–Crippen MR) is 36.3 cm³/mol. The monoisotopic (exact) mass is 330 g/mol. The zero-order valence-corrected chi connectivity index (χ0v) is 8.12. The van der Waals surface area contributed by atoms with Crippen molar-refractivity contribution >= 4 is 24.8 Å². The average molecular weight is 330 g/mol. The molecule has 1 rings (SSSR count). The van der Waals surface area contributed by atoms with Crippen molar-refractivity contribution in [2.24, 2.45) is 0 Å². The van der Waals surface area contributed by atoms with Gasteiger partial charge in [-0.1, -0.05) is 0 Å². The molecule has 0 N–H and O–H groups in total. The molecule has 50 valence electrons. The molecule has 0 spiro atoms. The first-order chi connectivity index (χ1) is 2.89.